The number of likely N-dealkylation sites (N-methyl/N-ethyl adjacent to an activating group) is 1. The molecule has 1 aromatic carbocycles. The molecule has 3 amide bonds. The van der Waals surface area contributed by atoms with Crippen molar-refractivity contribution in [3.8, 4) is 0 Å². The van der Waals surface area contributed by atoms with Gasteiger partial charge >= 0.3 is 6.03 Å². The molecule has 164 valence electrons. The lowest BCUT2D eigenvalue weighted by Gasteiger charge is -2.42. The summed E-state index contributed by atoms with van der Waals surface area (Å²) in [5.74, 6) is -0.395. The third kappa shape index (κ3) is 4.61. The van der Waals surface area contributed by atoms with Gasteiger partial charge in [0, 0.05) is 36.9 Å². The molecule has 3 heterocycles. The number of anilines is 2. The van der Waals surface area contributed by atoms with E-state index < -0.39 is 0 Å². The molecule has 31 heavy (non-hydrogen) atoms. The van der Waals surface area contributed by atoms with Gasteiger partial charge in [0.1, 0.15) is 11.5 Å². The number of urea groups is 1. The Hall–Kier alpha value is -3.20. The number of nitrogens with zero attached hydrogens (tertiary/aromatic N) is 3. The quantitative estimate of drug-likeness (QED) is 0.783. The zero-order valence-corrected chi connectivity index (χ0v) is 17.6. The summed E-state index contributed by atoms with van der Waals surface area (Å²) in [6.45, 7) is 1.73. The van der Waals surface area contributed by atoms with Crippen LogP contribution in [-0.2, 0) is 11.3 Å². The van der Waals surface area contributed by atoms with Gasteiger partial charge in [-0.25, -0.2) is 9.18 Å². The van der Waals surface area contributed by atoms with E-state index >= 15 is 0 Å². The minimum atomic E-state index is -0.357. The Balaban J connectivity index is 1.49. The van der Waals surface area contributed by atoms with Gasteiger partial charge < -0.3 is 25.0 Å². The summed E-state index contributed by atoms with van der Waals surface area (Å²) in [4.78, 5) is 41.2. The Morgan fingerprint density at radius 2 is 1.81 bits per heavy atom. The number of aromatic nitrogens is 1. The fraction of sp³-hybridized carbons (Fsp3) is 0.409. The number of nitrogens with one attached hydrogen (secondary N) is 2. The molecule has 0 spiro atoms. The number of carbonyl (C=O) groups excluding carboxylic acids is 2. The largest absolute Gasteiger partial charge is 0.324 e. The number of carbonyl (C=O) groups is 2. The van der Waals surface area contributed by atoms with Crippen LogP contribution in [0.5, 0.6) is 0 Å². The van der Waals surface area contributed by atoms with Gasteiger partial charge in [0.2, 0.25) is 5.91 Å². The molecule has 1 fully saturated rings. The van der Waals surface area contributed by atoms with Crippen LogP contribution in [0.2, 0.25) is 0 Å². The normalized spacial score (nSPS) is 19.7. The van der Waals surface area contributed by atoms with Gasteiger partial charge in [-0.15, -0.1) is 0 Å². The predicted molar refractivity (Wildman–Crippen MR) is 116 cm³/mol. The van der Waals surface area contributed by atoms with Crippen LogP contribution >= 0.6 is 0 Å². The molecule has 8 nitrogen and oxygen atoms in total. The average Bonchev–Trinajstić information content (AvgIpc) is 2.71. The molecular formula is C22H26FN5O3. The smallest absolute Gasteiger partial charge is 0.321 e. The fourth-order valence-corrected chi connectivity index (χ4v) is 4.42. The average molecular weight is 427 g/mol. The Bertz CT molecular complexity index is 1050. The lowest BCUT2D eigenvalue weighted by atomic mass is 9.83. The summed E-state index contributed by atoms with van der Waals surface area (Å²) < 4.78 is 14.8. The van der Waals surface area contributed by atoms with E-state index in [0.717, 1.165) is 12.1 Å². The number of likely N-dealkylation sites (tertiary alicyclic amines) is 1. The first-order chi connectivity index (χ1) is 14.8. The number of piperidine rings is 1. The molecule has 0 radical (unpaired) electrons. The number of amides is 3. The number of hydrogen-bond donors (Lipinski definition) is 2. The highest BCUT2D eigenvalue weighted by Crippen LogP contribution is 2.35. The van der Waals surface area contributed by atoms with Gasteiger partial charge in [-0.05, 0) is 62.8 Å². The van der Waals surface area contributed by atoms with Gasteiger partial charge in [-0.3, -0.25) is 9.59 Å². The van der Waals surface area contributed by atoms with E-state index in [0.29, 0.717) is 25.3 Å². The van der Waals surface area contributed by atoms with Crippen LogP contribution in [0.1, 0.15) is 18.0 Å². The molecule has 9 heteroatoms. The Morgan fingerprint density at radius 1 is 1.06 bits per heavy atom. The Kier molecular flexibility index (Phi) is 5.77. The van der Waals surface area contributed by atoms with Crippen molar-refractivity contribution in [3.05, 3.63) is 58.3 Å². The summed E-state index contributed by atoms with van der Waals surface area (Å²) in [5, 5.41) is 5.51. The van der Waals surface area contributed by atoms with Crippen molar-refractivity contribution >= 4 is 23.3 Å². The molecule has 0 aliphatic carbocycles. The molecule has 0 unspecified atom stereocenters. The van der Waals surface area contributed by atoms with Gasteiger partial charge in [0.05, 0.1) is 6.54 Å². The summed E-state index contributed by atoms with van der Waals surface area (Å²) in [6.07, 6.45) is 0.909. The third-order valence-corrected chi connectivity index (χ3v) is 5.72. The molecule has 2 aliphatic rings. The van der Waals surface area contributed by atoms with E-state index in [1.807, 2.05) is 6.07 Å². The molecule has 0 saturated carbocycles. The Labute approximate surface area is 179 Å². The first-order valence-corrected chi connectivity index (χ1v) is 10.3. The number of hydrogen-bond acceptors (Lipinski definition) is 4. The molecule has 4 rings (SSSR count). The monoisotopic (exact) mass is 427 g/mol. The van der Waals surface area contributed by atoms with Gasteiger partial charge in [-0.1, -0.05) is 0 Å². The van der Waals surface area contributed by atoms with Gasteiger partial charge in [0.25, 0.3) is 5.56 Å². The van der Waals surface area contributed by atoms with Crippen LogP contribution in [0.3, 0.4) is 0 Å². The zero-order valence-electron chi connectivity index (χ0n) is 17.6. The van der Waals surface area contributed by atoms with Crippen molar-refractivity contribution in [2.45, 2.75) is 18.9 Å². The molecule has 2 aliphatic heterocycles. The van der Waals surface area contributed by atoms with E-state index in [1.54, 1.807) is 34.5 Å². The maximum atomic E-state index is 13.1. The highest BCUT2D eigenvalue weighted by Gasteiger charge is 2.36. The maximum Gasteiger partial charge on any atom is 0.321 e. The first kappa shape index (κ1) is 21.0. The minimum absolute atomic E-state index is 0.0469. The topological polar surface area (TPSA) is 86.7 Å². The number of fused-ring (bicyclic) bond motifs is 4. The highest BCUT2D eigenvalue weighted by atomic mass is 19.1. The van der Waals surface area contributed by atoms with E-state index in [-0.39, 0.29) is 47.4 Å². The first-order valence-electron chi connectivity index (χ1n) is 10.3. The maximum absolute atomic E-state index is 13.1. The van der Waals surface area contributed by atoms with Crippen LogP contribution in [0.25, 0.3) is 0 Å². The zero-order chi connectivity index (χ0) is 22.1. The lowest BCUT2D eigenvalue weighted by Crippen LogP contribution is -2.50. The minimum Gasteiger partial charge on any atom is -0.324 e. The van der Waals surface area contributed by atoms with Crippen LogP contribution in [-0.4, -0.2) is 60.0 Å². The molecule has 2 N–H and O–H groups in total. The van der Waals surface area contributed by atoms with E-state index in [9.17, 15) is 18.8 Å². The van der Waals surface area contributed by atoms with Crippen LogP contribution in [0.15, 0.2) is 41.2 Å². The number of pyridine rings is 1. The molecule has 2 atom stereocenters. The van der Waals surface area contributed by atoms with Gasteiger partial charge in [-0.2, -0.15) is 0 Å². The molecule has 2 aromatic rings. The van der Waals surface area contributed by atoms with Crippen molar-refractivity contribution in [2.75, 3.05) is 44.4 Å². The second kappa shape index (κ2) is 8.50. The van der Waals surface area contributed by atoms with Crippen molar-refractivity contribution < 1.29 is 14.0 Å². The molecular weight excluding hydrogens is 401 g/mol. The SMILES string of the molecule is CN(C)CC(=O)Nc1ccc2n(c1=O)C[C@H]1C[C@@H]2CN(C(=O)Nc2ccc(F)cc2)C1. The van der Waals surface area contributed by atoms with Crippen LogP contribution < -0.4 is 16.2 Å². The standard InChI is InChI=1S/C22H26FN5O3/c1-26(2)13-20(29)25-18-7-8-19-15-9-14(11-28(19)21(18)30)10-27(12-15)22(31)24-17-5-3-16(23)4-6-17/h3-8,14-15H,9-13H2,1-2H3,(H,24,31)(H,25,29)/t14-,15+/m0/s1. The van der Waals surface area contributed by atoms with E-state index in [1.165, 1.54) is 24.3 Å². The molecule has 2 bridgehead atoms. The van der Waals surface area contributed by atoms with Crippen molar-refractivity contribution in [1.29, 1.82) is 0 Å². The van der Waals surface area contributed by atoms with Crippen molar-refractivity contribution in [2.24, 2.45) is 5.92 Å². The summed E-state index contributed by atoms with van der Waals surface area (Å²) in [7, 11) is 3.58. The predicted octanol–water partition coefficient (Wildman–Crippen LogP) is 2.14. The van der Waals surface area contributed by atoms with Crippen LogP contribution in [0, 0.1) is 11.7 Å². The summed E-state index contributed by atoms with van der Waals surface area (Å²) in [6, 6.07) is 8.95. The Morgan fingerprint density at radius 3 is 2.52 bits per heavy atom. The lowest BCUT2D eigenvalue weighted by molar-refractivity contribution is -0.116. The number of benzene rings is 1. The van der Waals surface area contributed by atoms with Crippen molar-refractivity contribution in [1.82, 2.24) is 14.4 Å². The van der Waals surface area contributed by atoms with Crippen molar-refractivity contribution in [3.63, 3.8) is 0 Å². The molecule has 1 aromatic heterocycles. The molecule has 1 saturated heterocycles. The number of halogens is 1. The van der Waals surface area contributed by atoms with Crippen LogP contribution in [0.4, 0.5) is 20.6 Å². The summed E-state index contributed by atoms with van der Waals surface area (Å²) >= 11 is 0. The van der Waals surface area contributed by atoms with E-state index in [2.05, 4.69) is 10.6 Å². The van der Waals surface area contributed by atoms with E-state index in [4.69, 9.17) is 0 Å². The third-order valence-electron chi connectivity index (χ3n) is 5.72. The second-order valence-electron chi connectivity index (χ2n) is 8.51. The number of rotatable bonds is 4. The van der Waals surface area contributed by atoms with Gasteiger partial charge in [0.15, 0.2) is 0 Å². The summed E-state index contributed by atoms with van der Waals surface area (Å²) in [5.41, 5.74) is 1.49. The highest BCUT2D eigenvalue weighted by molar-refractivity contribution is 5.92. The second-order valence-corrected chi connectivity index (χ2v) is 8.51. The fourth-order valence-electron chi connectivity index (χ4n) is 4.42.